The Morgan fingerprint density at radius 1 is 1.13 bits per heavy atom. The molecule has 0 spiro atoms. The third kappa shape index (κ3) is 6.62. The summed E-state index contributed by atoms with van der Waals surface area (Å²) in [5.41, 5.74) is 2.49. The third-order valence-corrected chi connectivity index (χ3v) is 1.77. The van der Waals surface area contributed by atoms with Crippen LogP contribution in [0.2, 0.25) is 0 Å². The van der Waals surface area contributed by atoms with Gasteiger partial charge in [-0.2, -0.15) is 0 Å². The van der Waals surface area contributed by atoms with Crippen molar-refractivity contribution in [2.75, 3.05) is 21.1 Å². The van der Waals surface area contributed by atoms with Crippen LogP contribution in [-0.4, -0.2) is 31.4 Å². The van der Waals surface area contributed by atoms with Crippen LogP contribution in [0.5, 0.6) is 0 Å². The average molecular weight is 318 g/mol. The van der Waals surface area contributed by atoms with E-state index in [-0.39, 0.29) is 24.0 Å². The predicted octanol–water partition coefficient (Wildman–Crippen LogP) is -0.685. The van der Waals surface area contributed by atoms with Crippen molar-refractivity contribution < 1.29 is 28.6 Å². The van der Waals surface area contributed by atoms with Gasteiger partial charge < -0.3 is 24.0 Å². The Morgan fingerprint density at radius 3 is 2.13 bits per heavy atom. The fourth-order valence-electron chi connectivity index (χ4n) is 1.44. The molecule has 1 rings (SSSR count). The highest BCUT2D eigenvalue weighted by Gasteiger charge is 2.05. The van der Waals surface area contributed by atoms with E-state index in [1.165, 1.54) is 11.3 Å². The summed E-state index contributed by atoms with van der Waals surface area (Å²) in [5, 5.41) is 4.56. The molecule has 0 saturated carbocycles. The highest BCUT2D eigenvalue weighted by molar-refractivity contribution is 5.83. The van der Waals surface area contributed by atoms with Crippen molar-refractivity contribution in [1.82, 2.24) is 0 Å². The van der Waals surface area contributed by atoms with Crippen LogP contribution in [0.4, 0.5) is 0 Å². The van der Waals surface area contributed by atoms with Gasteiger partial charge in [0.1, 0.15) is 0 Å². The molecule has 15 heavy (non-hydrogen) atoms. The molecule has 0 unspecified atom stereocenters. The molecule has 3 heteroatoms. The van der Waals surface area contributed by atoms with Gasteiger partial charge in [0.25, 0.3) is 0 Å². The molecule has 0 radical (unpaired) electrons. The maximum absolute atomic E-state index is 4.56. The molecule has 1 aromatic carbocycles. The summed E-state index contributed by atoms with van der Waals surface area (Å²) >= 11 is 0. The molecule has 84 valence electrons. The van der Waals surface area contributed by atoms with Crippen molar-refractivity contribution in [2.45, 2.75) is 13.3 Å². The highest BCUT2D eigenvalue weighted by Crippen LogP contribution is 2.02. The fourth-order valence-corrected chi connectivity index (χ4v) is 1.44. The minimum atomic E-state index is 0. The van der Waals surface area contributed by atoms with Crippen LogP contribution in [0.15, 0.2) is 35.4 Å². The Labute approximate surface area is 110 Å². The van der Waals surface area contributed by atoms with Crippen LogP contribution >= 0.6 is 0 Å². The van der Waals surface area contributed by atoms with Gasteiger partial charge in [-0.1, -0.05) is 35.4 Å². The van der Waals surface area contributed by atoms with Crippen molar-refractivity contribution in [3.63, 3.8) is 0 Å². The van der Waals surface area contributed by atoms with Gasteiger partial charge in [-0.15, -0.1) is 0 Å². The second-order valence-corrected chi connectivity index (χ2v) is 4.44. The van der Waals surface area contributed by atoms with E-state index in [0.717, 1.165) is 6.42 Å². The summed E-state index contributed by atoms with van der Waals surface area (Å²) in [7, 11) is 6.19. The van der Waals surface area contributed by atoms with Gasteiger partial charge in [0.2, 0.25) is 0 Å². The average Bonchev–Trinajstić information content (AvgIpc) is 2.02. The van der Waals surface area contributed by atoms with E-state index in [0.29, 0.717) is 4.59 Å². The van der Waals surface area contributed by atoms with Crippen LogP contribution in [-0.2, 0) is 6.42 Å². The van der Waals surface area contributed by atoms with E-state index in [9.17, 15) is 0 Å². The van der Waals surface area contributed by atoms with Crippen molar-refractivity contribution in [3.05, 3.63) is 35.9 Å². The second kappa shape index (κ2) is 6.23. The molecule has 0 saturated heterocycles. The van der Waals surface area contributed by atoms with Crippen molar-refractivity contribution in [3.8, 4) is 0 Å². The molecule has 0 aromatic heterocycles. The Morgan fingerprint density at radius 2 is 1.67 bits per heavy atom. The Hall–Kier alpha value is -0.420. The lowest BCUT2D eigenvalue weighted by Gasteiger charge is -2.16. The molecule has 0 aliphatic rings. The van der Waals surface area contributed by atoms with Gasteiger partial charge in [0.05, 0.1) is 26.9 Å². The van der Waals surface area contributed by atoms with Crippen LogP contribution in [0.3, 0.4) is 0 Å². The van der Waals surface area contributed by atoms with E-state index in [4.69, 9.17) is 0 Å². The smallest absolute Gasteiger partial charge is 0.0923 e. The zero-order valence-corrected chi connectivity index (χ0v) is 12.0. The summed E-state index contributed by atoms with van der Waals surface area (Å²) in [6.07, 6.45) is 0.941. The molecular weight excluding hydrogens is 299 g/mol. The zero-order chi connectivity index (χ0) is 10.6. The van der Waals surface area contributed by atoms with Crippen molar-refractivity contribution in [2.24, 2.45) is 5.10 Å². The number of rotatable bonds is 3. The Kier molecular flexibility index (Phi) is 6.05. The van der Waals surface area contributed by atoms with Crippen LogP contribution in [0, 0.1) is 0 Å². The minimum Gasteiger partial charge on any atom is -1.00 e. The molecule has 1 aromatic rings. The zero-order valence-electron chi connectivity index (χ0n) is 9.87. The van der Waals surface area contributed by atoms with Gasteiger partial charge >= 0.3 is 0 Å². The predicted molar refractivity (Wildman–Crippen MR) is 61.3 cm³/mol. The highest BCUT2D eigenvalue weighted by atomic mass is 127. The van der Waals surface area contributed by atoms with E-state index in [1.807, 2.05) is 6.07 Å². The summed E-state index contributed by atoms with van der Waals surface area (Å²) in [5.74, 6) is 0. The quantitative estimate of drug-likeness (QED) is 0.303. The minimum absolute atomic E-state index is 0. The molecule has 0 atom stereocenters. The first-order valence-electron chi connectivity index (χ1n) is 4.88. The summed E-state index contributed by atoms with van der Waals surface area (Å²) in [6.45, 7) is 2.08. The molecule has 0 heterocycles. The van der Waals surface area contributed by atoms with Gasteiger partial charge in [0, 0.05) is 6.42 Å². The lowest BCUT2D eigenvalue weighted by Crippen LogP contribution is -3.00. The molecule has 0 bridgehead atoms. The first kappa shape index (κ1) is 14.6. The lowest BCUT2D eigenvalue weighted by atomic mass is 10.1. The summed E-state index contributed by atoms with van der Waals surface area (Å²) < 4.78 is 0.638. The summed E-state index contributed by atoms with van der Waals surface area (Å²) in [4.78, 5) is 0. The van der Waals surface area contributed by atoms with E-state index < -0.39 is 0 Å². The molecule has 0 amide bonds. The number of halogens is 1. The van der Waals surface area contributed by atoms with Crippen LogP contribution in [0.1, 0.15) is 12.5 Å². The monoisotopic (exact) mass is 318 g/mol. The Bertz CT molecular complexity index is 312. The summed E-state index contributed by atoms with van der Waals surface area (Å²) in [6, 6.07) is 10.4. The third-order valence-electron chi connectivity index (χ3n) is 1.77. The van der Waals surface area contributed by atoms with Gasteiger partial charge in [0.15, 0.2) is 0 Å². The standard InChI is InChI=1S/C12H19N2.HI/c1-11(13-14(2,3)4)10-12-8-6-5-7-9-12;/h5-9H,10H2,1-4H3;1H/q+1;/p-1/b13-11+;. The van der Waals surface area contributed by atoms with E-state index >= 15 is 0 Å². The molecule has 0 aliphatic heterocycles. The largest absolute Gasteiger partial charge is 1.00 e. The van der Waals surface area contributed by atoms with Crippen molar-refractivity contribution >= 4 is 5.71 Å². The fraction of sp³-hybridized carbons (Fsp3) is 0.417. The molecular formula is C12H19IN2. The van der Waals surface area contributed by atoms with Crippen LogP contribution < -0.4 is 24.0 Å². The second-order valence-electron chi connectivity index (χ2n) is 4.44. The normalized spacial score (nSPS) is 12.1. The molecule has 2 nitrogen and oxygen atoms in total. The first-order valence-corrected chi connectivity index (χ1v) is 4.88. The SMILES string of the molecule is C/C(Cc1ccccc1)=N\[N+](C)(C)C.[I-]. The van der Waals surface area contributed by atoms with Crippen molar-refractivity contribution in [1.29, 1.82) is 0 Å². The molecule has 0 N–H and O–H groups in total. The Balaban J connectivity index is 0.00000196. The molecule has 0 fully saturated rings. The van der Waals surface area contributed by atoms with E-state index in [2.05, 4.69) is 57.4 Å². The van der Waals surface area contributed by atoms with Crippen LogP contribution in [0.25, 0.3) is 0 Å². The van der Waals surface area contributed by atoms with Gasteiger partial charge in [-0.25, -0.2) is 4.59 Å². The topological polar surface area (TPSA) is 12.4 Å². The number of nitrogens with zero attached hydrogens (tertiary/aromatic N) is 2. The first-order chi connectivity index (χ1) is 6.47. The molecule has 0 aliphatic carbocycles. The van der Waals surface area contributed by atoms with Gasteiger partial charge in [-0.05, 0) is 12.5 Å². The number of hydrogen-bond acceptors (Lipinski definition) is 1. The number of benzene rings is 1. The maximum Gasteiger partial charge on any atom is 0.0923 e. The maximum atomic E-state index is 4.56. The number of quaternary nitrogens is 1. The van der Waals surface area contributed by atoms with Gasteiger partial charge in [-0.3, -0.25) is 0 Å². The van der Waals surface area contributed by atoms with E-state index in [1.54, 1.807) is 0 Å². The lowest BCUT2D eigenvalue weighted by molar-refractivity contribution is -0.877. The number of hydrogen-bond donors (Lipinski definition) is 0.